The van der Waals surface area contributed by atoms with Gasteiger partial charge in [0.25, 0.3) is 0 Å². The smallest absolute Gasteiger partial charge is 0.243 e. The third kappa shape index (κ3) is 2.85. The van der Waals surface area contributed by atoms with Crippen LogP contribution in [0.4, 0.5) is 0 Å². The van der Waals surface area contributed by atoms with E-state index in [-0.39, 0.29) is 22.9 Å². The van der Waals surface area contributed by atoms with Gasteiger partial charge in [-0.2, -0.15) is 9.40 Å². The number of sulfonamides is 1. The van der Waals surface area contributed by atoms with E-state index in [0.717, 1.165) is 24.1 Å². The van der Waals surface area contributed by atoms with Gasteiger partial charge in [-0.15, -0.1) is 0 Å². The number of halogens is 1. The fraction of sp³-hybridized carbons (Fsp3) is 0.300. The molecule has 6 nitrogen and oxygen atoms in total. The minimum Gasteiger partial charge on any atom is -0.282 e. The Labute approximate surface area is 168 Å². The molecule has 0 spiro atoms. The quantitative estimate of drug-likeness (QED) is 0.708. The zero-order valence-corrected chi connectivity index (χ0v) is 16.6. The van der Waals surface area contributed by atoms with E-state index < -0.39 is 10.0 Å². The molecular weight excluding hydrogens is 396 g/mol. The zero-order chi connectivity index (χ0) is 19.3. The van der Waals surface area contributed by atoms with Crippen molar-refractivity contribution in [3.05, 3.63) is 76.8 Å². The Balaban J connectivity index is 1.57. The van der Waals surface area contributed by atoms with Crippen LogP contribution in [0.2, 0.25) is 5.02 Å². The molecule has 0 radical (unpaired) electrons. The van der Waals surface area contributed by atoms with Crippen molar-refractivity contribution in [3.63, 3.8) is 0 Å². The summed E-state index contributed by atoms with van der Waals surface area (Å²) >= 11 is 5.96. The van der Waals surface area contributed by atoms with Gasteiger partial charge < -0.3 is 0 Å². The van der Waals surface area contributed by atoms with Crippen molar-refractivity contribution >= 4 is 21.6 Å². The molecule has 5 rings (SSSR count). The number of rotatable bonds is 3. The fourth-order valence-electron chi connectivity index (χ4n) is 4.60. The van der Waals surface area contributed by atoms with E-state index in [1.807, 2.05) is 12.1 Å². The number of hydrogen-bond donors (Lipinski definition) is 1. The van der Waals surface area contributed by atoms with Crippen molar-refractivity contribution < 1.29 is 8.42 Å². The van der Waals surface area contributed by atoms with Crippen molar-refractivity contribution in [1.29, 1.82) is 0 Å². The number of nitrogens with one attached hydrogen (secondary N) is 1. The number of nitrogens with zero attached hydrogens (tertiary/aromatic N) is 3. The molecule has 2 aromatic heterocycles. The second-order valence-electron chi connectivity index (χ2n) is 7.42. The molecule has 28 heavy (non-hydrogen) atoms. The molecule has 0 saturated carbocycles. The maximum Gasteiger partial charge on any atom is 0.243 e. The van der Waals surface area contributed by atoms with E-state index in [9.17, 15) is 8.42 Å². The maximum atomic E-state index is 13.5. The number of benzene rings is 1. The number of aromatic amines is 1. The Bertz CT molecular complexity index is 1100. The Hall–Kier alpha value is -2.22. The predicted molar refractivity (Wildman–Crippen MR) is 106 cm³/mol. The van der Waals surface area contributed by atoms with E-state index >= 15 is 0 Å². The van der Waals surface area contributed by atoms with Gasteiger partial charge in [-0.1, -0.05) is 11.6 Å². The van der Waals surface area contributed by atoms with Gasteiger partial charge in [0.2, 0.25) is 10.0 Å². The molecule has 2 aliphatic rings. The monoisotopic (exact) mass is 414 g/mol. The summed E-state index contributed by atoms with van der Waals surface area (Å²) in [6.45, 7) is 0. The third-order valence-electron chi connectivity index (χ3n) is 5.85. The molecule has 2 bridgehead atoms. The Morgan fingerprint density at radius 1 is 1.07 bits per heavy atom. The van der Waals surface area contributed by atoms with Crippen LogP contribution >= 0.6 is 11.6 Å². The highest BCUT2D eigenvalue weighted by atomic mass is 35.5. The summed E-state index contributed by atoms with van der Waals surface area (Å²) in [6.07, 6.45) is 7.50. The molecule has 144 valence electrons. The maximum absolute atomic E-state index is 13.5. The minimum absolute atomic E-state index is 0.120. The summed E-state index contributed by atoms with van der Waals surface area (Å²) in [6, 6.07) is 10.1. The Morgan fingerprint density at radius 3 is 2.57 bits per heavy atom. The number of aromatic nitrogens is 3. The van der Waals surface area contributed by atoms with Crippen molar-refractivity contribution in [3.8, 4) is 0 Å². The van der Waals surface area contributed by atoms with Crippen LogP contribution in [0, 0.1) is 0 Å². The molecule has 1 fully saturated rings. The van der Waals surface area contributed by atoms with E-state index in [2.05, 4.69) is 15.2 Å². The van der Waals surface area contributed by atoms with Gasteiger partial charge in [-0.3, -0.25) is 10.1 Å². The number of hydrogen-bond acceptors (Lipinski definition) is 4. The molecule has 1 N–H and O–H groups in total. The topological polar surface area (TPSA) is 79.0 Å². The van der Waals surface area contributed by atoms with Gasteiger partial charge in [-0.05, 0) is 60.7 Å². The van der Waals surface area contributed by atoms with Crippen molar-refractivity contribution in [2.24, 2.45) is 0 Å². The van der Waals surface area contributed by atoms with Gasteiger partial charge in [0, 0.05) is 41.1 Å². The normalized spacial score (nSPS) is 24.7. The molecule has 2 aliphatic heterocycles. The lowest BCUT2D eigenvalue weighted by atomic mass is 9.77. The Morgan fingerprint density at radius 2 is 1.82 bits per heavy atom. The van der Waals surface area contributed by atoms with E-state index in [0.29, 0.717) is 11.4 Å². The average Bonchev–Trinajstić information content (AvgIpc) is 3.16. The van der Waals surface area contributed by atoms with Gasteiger partial charge in [-0.25, -0.2) is 8.42 Å². The van der Waals surface area contributed by atoms with Crippen molar-refractivity contribution in [2.75, 3.05) is 0 Å². The lowest BCUT2D eigenvalue weighted by Gasteiger charge is -2.47. The first-order chi connectivity index (χ1) is 13.5. The molecule has 0 aliphatic carbocycles. The van der Waals surface area contributed by atoms with E-state index in [4.69, 9.17) is 11.6 Å². The summed E-state index contributed by atoms with van der Waals surface area (Å²) in [4.78, 5) is 4.39. The largest absolute Gasteiger partial charge is 0.282 e. The molecule has 1 saturated heterocycles. The first kappa shape index (κ1) is 17.8. The van der Waals surface area contributed by atoms with Crippen LogP contribution < -0.4 is 0 Å². The zero-order valence-electron chi connectivity index (χ0n) is 15.0. The van der Waals surface area contributed by atoms with Gasteiger partial charge >= 0.3 is 0 Å². The van der Waals surface area contributed by atoms with Gasteiger partial charge in [0.15, 0.2) is 0 Å². The van der Waals surface area contributed by atoms with Crippen LogP contribution in [0.3, 0.4) is 0 Å². The first-order valence-corrected chi connectivity index (χ1v) is 11.1. The number of pyridine rings is 1. The summed E-state index contributed by atoms with van der Waals surface area (Å²) in [5, 5.41) is 7.77. The SMILES string of the molecule is O=S(=O)(c1ccc(Cl)cc1)N1C2Cc3[nH]ncc3C1CC(c1ccncc1)C2. The molecule has 0 amide bonds. The van der Waals surface area contributed by atoms with E-state index in [1.165, 1.54) is 5.56 Å². The molecule has 3 atom stereocenters. The molecule has 3 unspecified atom stereocenters. The standard InChI is InChI=1S/C20H19ClN4O2S/c21-15-1-3-17(4-2-15)28(26,27)25-16-9-14(13-5-7-22-8-6-13)10-20(25)18-12-23-24-19(18)11-16/h1-8,12,14,16,20H,9-11H2,(H,23,24). The summed E-state index contributed by atoms with van der Waals surface area (Å²) in [5.74, 6) is 0.290. The highest BCUT2D eigenvalue weighted by molar-refractivity contribution is 7.89. The Kier molecular flexibility index (Phi) is 4.26. The molecule has 3 aromatic rings. The van der Waals surface area contributed by atoms with Crippen LogP contribution in [0.25, 0.3) is 0 Å². The number of piperidine rings is 1. The lowest BCUT2D eigenvalue weighted by molar-refractivity contribution is 0.145. The van der Waals surface area contributed by atoms with Crippen LogP contribution in [0.5, 0.6) is 0 Å². The minimum atomic E-state index is -3.64. The third-order valence-corrected chi connectivity index (χ3v) is 8.08. The van der Waals surface area contributed by atoms with Crippen LogP contribution in [0.15, 0.2) is 59.9 Å². The molecule has 4 heterocycles. The van der Waals surface area contributed by atoms with Crippen LogP contribution in [0.1, 0.15) is 41.6 Å². The summed E-state index contributed by atoms with van der Waals surface area (Å²) in [7, 11) is -3.64. The lowest BCUT2D eigenvalue weighted by Crippen LogP contribution is -2.51. The fourth-order valence-corrected chi connectivity index (χ4v) is 6.54. The van der Waals surface area contributed by atoms with E-state index in [1.54, 1.807) is 47.2 Å². The van der Waals surface area contributed by atoms with Crippen LogP contribution in [-0.2, 0) is 16.4 Å². The molecule has 1 aromatic carbocycles. The second kappa shape index (κ2) is 6.69. The highest BCUT2D eigenvalue weighted by Gasteiger charge is 2.48. The van der Waals surface area contributed by atoms with Gasteiger partial charge in [0.05, 0.1) is 17.1 Å². The predicted octanol–water partition coefficient (Wildman–Crippen LogP) is 3.69. The van der Waals surface area contributed by atoms with Crippen molar-refractivity contribution in [2.45, 2.75) is 42.2 Å². The van der Waals surface area contributed by atoms with Gasteiger partial charge in [0.1, 0.15) is 0 Å². The molecular formula is C20H19ClN4O2S. The second-order valence-corrected chi connectivity index (χ2v) is 9.70. The highest BCUT2D eigenvalue weighted by Crippen LogP contribution is 2.49. The first-order valence-electron chi connectivity index (χ1n) is 9.25. The summed E-state index contributed by atoms with van der Waals surface area (Å²) in [5.41, 5.74) is 3.23. The number of fused-ring (bicyclic) bond motifs is 4. The summed E-state index contributed by atoms with van der Waals surface area (Å²) < 4.78 is 28.8. The van der Waals surface area contributed by atoms with Crippen LogP contribution in [-0.4, -0.2) is 33.9 Å². The van der Waals surface area contributed by atoms with Crippen molar-refractivity contribution in [1.82, 2.24) is 19.5 Å². The number of H-pyrrole nitrogens is 1. The molecule has 8 heteroatoms. The average molecular weight is 415 g/mol.